The van der Waals surface area contributed by atoms with Crippen LogP contribution in [0.3, 0.4) is 0 Å². The van der Waals surface area contributed by atoms with Crippen molar-refractivity contribution in [2.75, 3.05) is 0 Å². The Bertz CT molecular complexity index is 1010. The van der Waals surface area contributed by atoms with E-state index in [1.54, 1.807) is 6.92 Å². The molecule has 0 amide bonds. The summed E-state index contributed by atoms with van der Waals surface area (Å²) in [5.41, 5.74) is 0.807. The van der Waals surface area contributed by atoms with E-state index in [4.69, 9.17) is 13.9 Å². The summed E-state index contributed by atoms with van der Waals surface area (Å²) >= 11 is 0. The summed E-state index contributed by atoms with van der Waals surface area (Å²) in [6.07, 6.45) is 2.95. The monoisotopic (exact) mass is 386 g/mol. The minimum atomic E-state index is -0.538. The Kier molecular flexibility index (Phi) is 5.33. The first-order valence-corrected chi connectivity index (χ1v) is 9.74. The van der Waals surface area contributed by atoms with Gasteiger partial charge in [-0.25, -0.2) is 4.79 Å². The number of fused-ring (bicyclic) bond motifs is 3. The lowest BCUT2D eigenvalue weighted by Gasteiger charge is -2.34. The van der Waals surface area contributed by atoms with Gasteiger partial charge in [0, 0.05) is 25.0 Å². The molecule has 0 fully saturated rings. The standard InChI is InChI=1S/C22H26O6/c1-6-8-13-11-16(25)27-21-17(13)20-14(9-10-22(4,5)28-20)19(26-12(3)23)18(21)15(24)7-2/h11H,6-10H2,1-5H3. The molecule has 0 saturated carbocycles. The predicted molar refractivity (Wildman–Crippen MR) is 105 cm³/mol. The highest BCUT2D eigenvalue weighted by Gasteiger charge is 2.36. The maximum absolute atomic E-state index is 12.8. The normalized spacial score (nSPS) is 15.0. The molecule has 1 aromatic carbocycles. The Morgan fingerprint density at radius 3 is 2.57 bits per heavy atom. The molecular weight excluding hydrogens is 360 g/mol. The molecule has 28 heavy (non-hydrogen) atoms. The average molecular weight is 386 g/mol. The second-order valence-corrected chi connectivity index (χ2v) is 7.79. The van der Waals surface area contributed by atoms with E-state index in [1.807, 2.05) is 20.8 Å². The van der Waals surface area contributed by atoms with Gasteiger partial charge in [0.05, 0.1) is 5.39 Å². The van der Waals surface area contributed by atoms with Crippen molar-refractivity contribution in [1.82, 2.24) is 0 Å². The van der Waals surface area contributed by atoms with Crippen molar-refractivity contribution in [1.29, 1.82) is 0 Å². The fraction of sp³-hybridized carbons (Fsp3) is 0.500. The number of benzene rings is 1. The maximum atomic E-state index is 12.8. The summed E-state index contributed by atoms with van der Waals surface area (Å²) in [5, 5.41) is 0.636. The summed E-state index contributed by atoms with van der Waals surface area (Å²) in [4.78, 5) is 36.9. The molecule has 1 aliphatic rings. The molecule has 150 valence electrons. The quantitative estimate of drug-likeness (QED) is 0.328. The van der Waals surface area contributed by atoms with Gasteiger partial charge in [-0.15, -0.1) is 0 Å². The van der Waals surface area contributed by atoms with Gasteiger partial charge in [-0.05, 0) is 38.7 Å². The summed E-state index contributed by atoms with van der Waals surface area (Å²) < 4.78 is 17.3. The number of hydrogen-bond acceptors (Lipinski definition) is 6. The van der Waals surface area contributed by atoms with Gasteiger partial charge in [-0.2, -0.15) is 0 Å². The van der Waals surface area contributed by atoms with Crippen LogP contribution in [0.5, 0.6) is 11.5 Å². The van der Waals surface area contributed by atoms with E-state index in [9.17, 15) is 14.4 Å². The first kappa shape index (κ1) is 20.1. The predicted octanol–water partition coefficient (Wildman–Crippen LogP) is 4.37. The third-order valence-electron chi connectivity index (χ3n) is 4.99. The number of ketones is 1. The highest BCUT2D eigenvalue weighted by atomic mass is 16.5. The zero-order valence-electron chi connectivity index (χ0n) is 17.1. The first-order chi connectivity index (χ1) is 13.2. The van der Waals surface area contributed by atoms with Crippen molar-refractivity contribution >= 4 is 22.7 Å². The molecule has 0 unspecified atom stereocenters. The fourth-order valence-corrected chi connectivity index (χ4v) is 3.72. The highest BCUT2D eigenvalue weighted by molar-refractivity contribution is 6.11. The topological polar surface area (TPSA) is 82.8 Å². The van der Waals surface area contributed by atoms with Gasteiger partial charge in [0.1, 0.15) is 16.9 Å². The molecule has 0 bridgehead atoms. The van der Waals surface area contributed by atoms with Crippen LogP contribution in [-0.4, -0.2) is 17.4 Å². The van der Waals surface area contributed by atoms with Crippen LogP contribution >= 0.6 is 0 Å². The molecule has 2 heterocycles. The third-order valence-corrected chi connectivity index (χ3v) is 4.99. The summed E-state index contributed by atoms with van der Waals surface area (Å²) in [6.45, 7) is 8.99. The van der Waals surface area contributed by atoms with Crippen LogP contribution in [-0.2, 0) is 17.6 Å². The van der Waals surface area contributed by atoms with E-state index in [-0.39, 0.29) is 29.1 Å². The molecule has 0 aliphatic carbocycles. The Morgan fingerprint density at radius 1 is 1.25 bits per heavy atom. The molecule has 1 aliphatic heterocycles. The van der Waals surface area contributed by atoms with Gasteiger partial charge in [-0.1, -0.05) is 20.3 Å². The van der Waals surface area contributed by atoms with Crippen LogP contribution in [0.2, 0.25) is 0 Å². The molecule has 0 spiro atoms. The maximum Gasteiger partial charge on any atom is 0.336 e. The molecule has 2 aromatic rings. The number of esters is 1. The highest BCUT2D eigenvalue weighted by Crippen LogP contribution is 2.47. The number of carbonyl (C=O) groups is 2. The molecule has 6 heteroatoms. The summed E-state index contributed by atoms with van der Waals surface area (Å²) in [7, 11) is 0. The zero-order chi connectivity index (χ0) is 20.6. The first-order valence-electron chi connectivity index (χ1n) is 9.74. The summed E-state index contributed by atoms with van der Waals surface area (Å²) in [6, 6.07) is 1.46. The van der Waals surface area contributed by atoms with E-state index in [0.717, 1.165) is 12.0 Å². The number of carbonyl (C=O) groups excluding carboxylic acids is 2. The minimum absolute atomic E-state index is 0.149. The van der Waals surface area contributed by atoms with Crippen LogP contribution in [0.1, 0.15) is 75.4 Å². The Balaban J connectivity index is 2.52. The van der Waals surface area contributed by atoms with E-state index in [0.29, 0.717) is 36.0 Å². The zero-order valence-corrected chi connectivity index (χ0v) is 17.1. The van der Waals surface area contributed by atoms with Crippen molar-refractivity contribution in [3.8, 4) is 11.5 Å². The van der Waals surface area contributed by atoms with Crippen molar-refractivity contribution in [3.63, 3.8) is 0 Å². The van der Waals surface area contributed by atoms with Crippen LogP contribution < -0.4 is 15.1 Å². The van der Waals surface area contributed by atoms with Gasteiger partial charge >= 0.3 is 11.6 Å². The Morgan fingerprint density at radius 2 is 1.96 bits per heavy atom. The molecule has 0 saturated heterocycles. The van der Waals surface area contributed by atoms with E-state index in [2.05, 4.69) is 0 Å². The lowest BCUT2D eigenvalue weighted by molar-refractivity contribution is -0.131. The smallest absolute Gasteiger partial charge is 0.336 e. The van der Waals surface area contributed by atoms with Gasteiger partial charge in [-0.3, -0.25) is 9.59 Å². The van der Waals surface area contributed by atoms with Crippen molar-refractivity contribution in [3.05, 3.63) is 33.2 Å². The molecule has 3 rings (SSSR count). The van der Waals surface area contributed by atoms with Crippen molar-refractivity contribution < 1.29 is 23.5 Å². The van der Waals surface area contributed by atoms with Crippen LogP contribution in [0, 0.1) is 0 Å². The van der Waals surface area contributed by atoms with Crippen molar-refractivity contribution in [2.45, 2.75) is 72.3 Å². The number of hydrogen-bond donors (Lipinski definition) is 0. The lowest BCUT2D eigenvalue weighted by Crippen LogP contribution is -2.33. The van der Waals surface area contributed by atoms with Gasteiger partial charge in [0.25, 0.3) is 0 Å². The largest absolute Gasteiger partial charge is 0.487 e. The fourth-order valence-electron chi connectivity index (χ4n) is 3.72. The molecular formula is C22H26O6. The Labute approximate surface area is 163 Å². The second-order valence-electron chi connectivity index (χ2n) is 7.79. The van der Waals surface area contributed by atoms with Crippen LogP contribution in [0.15, 0.2) is 15.3 Å². The number of aryl methyl sites for hydroxylation is 1. The molecule has 0 radical (unpaired) electrons. The van der Waals surface area contributed by atoms with Gasteiger partial charge < -0.3 is 13.9 Å². The number of Topliss-reactive ketones (excluding diaryl/α,β-unsaturated/α-hetero) is 1. The average Bonchev–Trinajstić information content (AvgIpc) is 2.59. The van der Waals surface area contributed by atoms with E-state index >= 15 is 0 Å². The molecule has 0 N–H and O–H groups in total. The minimum Gasteiger partial charge on any atom is -0.487 e. The molecule has 6 nitrogen and oxygen atoms in total. The second kappa shape index (κ2) is 7.41. The third kappa shape index (κ3) is 3.55. The van der Waals surface area contributed by atoms with E-state index in [1.165, 1.54) is 13.0 Å². The summed E-state index contributed by atoms with van der Waals surface area (Å²) in [5.74, 6) is -0.0780. The van der Waals surface area contributed by atoms with Crippen LogP contribution in [0.4, 0.5) is 0 Å². The SMILES string of the molecule is CCCc1cc(=O)oc2c(C(=O)CC)c(OC(C)=O)c3c(c12)OC(C)(C)CC3. The number of rotatable bonds is 5. The number of ether oxygens (including phenoxy) is 2. The van der Waals surface area contributed by atoms with Crippen LogP contribution in [0.25, 0.3) is 11.0 Å². The van der Waals surface area contributed by atoms with Gasteiger partial charge in [0.15, 0.2) is 17.1 Å². The van der Waals surface area contributed by atoms with E-state index < -0.39 is 17.2 Å². The molecule has 1 aromatic heterocycles. The molecule has 0 atom stereocenters. The lowest BCUT2D eigenvalue weighted by atomic mass is 9.88. The van der Waals surface area contributed by atoms with Gasteiger partial charge in [0.2, 0.25) is 0 Å². The Hall–Kier alpha value is -2.63. The van der Waals surface area contributed by atoms with Crippen molar-refractivity contribution in [2.24, 2.45) is 0 Å².